The number of amides is 1. The van der Waals surface area contributed by atoms with Crippen molar-refractivity contribution < 1.29 is 9.53 Å². The van der Waals surface area contributed by atoms with Crippen LogP contribution in [0.2, 0.25) is 0 Å². The molecule has 216 valence electrons. The van der Waals surface area contributed by atoms with Crippen LogP contribution in [0.3, 0.4) is 0 Å². The molecule has 39 heavy (non-hydrogen) atoms. The molecule has 2 aromatic carbocycles. The molecule has 0 unspecified atom stereocenters. The van der Waals surface area contributed by atoms with Crippen LogP contribution >= 0.6 is 28.7 Å². The molecule has 1 aliphatic rings. The van der Waals surface area contributed by atoms with Crippen molar-refractivity contribution in [2.45, 2.75) is 104 Å². The number of rotatable bonds is 19. The Kier molecular flexibility index (Phi) is 17.1. The van der Waals surface area contributed by atoms with E-state index in [1.165, 1.54) is 76.3 Å². The maximum absolute atomic E-state index is 12.8. The highest BCUT2D eigenvalue weighted by Gasteiger charge is 2.15. The van der Waals surface area contributed by atoms with Gasteiger partial charge < -0.3 is 15.0 Å². The minimum atomic E-state index is 0. The van der Waals surface area contributed by atoms with Gasteiger partial charge in [-0.3, -0.25) is 4.79 Å². The molecule has 4 nitrogen and oxygen atoms in total. The Hall–Kier alpha value is -1.92. The van der Waals surface area contributed by atoms with E-state index in [9.17, 15) is 4.79 Å². The first-order chi connectivity index (χ1) is 18.7. The second-order valence-corrected chi connectivity index (χ2v) is 11.3. The summed E-state index contributed by atoms with van der Waals surface area (Å²) in [4.78, 5) is 15.1. The normalized spacial score (nSPS) is 12.7. The molecule has 1 N–H and O–H groups in total. The number of para-hydroxylation sites is 1. The maximum atomic E-state index is 12.8. The Morgan fingerprint density at radius 3 is 2.10 bits per heavy atom. The van der Waals surface area contributed by atoms with E-state index in [1.807, 2.05) is 54.2 Å². The molecule has 0 spiro atoms. The van der Waals surface area contributed by atoms with Gasteiger partial charge in [-0.1, -0.05) is 108 Å². The zero-order chi connectivity index (χ0) is 26.8. The number of unbranched alkanes of at least 4 members (excludes halogenated alkanes) is 11. The summed E-state index contributed by atoms with van der Waals surface area (Å²) in [5, 5.41) is 5.31. The predicted octanol–water partition coefficient (Wildman–Crippen LogP) is 9.89. The summed E-state index contributed by atoms with van der Waals surface area (Å²) < 4.78 is 5.93. The SMILES string of the molecule is Br.CCCCCCCCCCCCCCOc1ccc(CC(=O)Nc2ccccc2CN2CSC=C2C)cc1. The second-order valence-electron chi connectivity index (χ2n) is 10.5. The number of allylic oxidation sites excluding steroid dienone is 1. The molecule has 0 aliphatic carbocycles. The fourth-order valence-corrected chi connectivity index (χ4v) is 5.74. The summed E-state index contributed by atoms with van der Waals surface area (Å²) in [5.74, 6) is 1.85. The zero-order valence-corrected chi connectivity index (χ0v) is 26.6. The van der Waals surface area contributed by atoms with Crippen LogP contribution in [0, 0.1) is 0 Å². The highest BCUT2D eigenvalue weighted by molar-refractivity contribution is 8.93. The number of thioether (sulfide) groups is 1. The van der Waals surface area contributed by atoms with Crippen molar-refractivity contribution in [3.63, 3.8) is 0 Å². The first-order valence-electron chi connectivity index (χ1n) is 14.8. The van der Waals surface area contributed by atoms with Crippen molar-refractivity contribution in [1.29, 1.82) is 0 Å². The van der Waals surface area contributed by atoms with Crippen LogP contribution in [0.15, 0.2) is 59.6 Å². The predicted molar refractivity (Wildman–Crippen MR) is 174 cm³/mol. The van der Waals surface area contributed by atoms with Gasteiger partial charge in [0.15, 0.2) is 0 Å². The molecule has 0 bridgehead atoms. The molecule has 2 aromatic rings. The average molecular weight is 618 g/mol. The lowest BCUT2D eigenvalue weighted by molar-refractivity contribution is -0.115. The molecular weight excluding hydrogens is 568 g/mol. The van der Waals surface area contributed by atoms with Crippen LogP contribution in [-0.4, -0.2) is 23.3 Å². The second kappa shape index (κ2) is 20.0. The Labute approximate surface area is 252 Å². The van der Waals surface area contributed by atoms with Crippen LogP contribution in [0.25, 0.3) is 0 Å². The summed E-state index contributed by atoms with van der Waals surface area (Å²) >= 11 is 1.81. The Morgan fingerprint density at radius 2 is 1.49 bits per heavy atom. The maximum Gasteiger partial charge on any atom is 0.228 e. The summed E-state index contributed by atoms with van der Waals surface area (Å²) in [5.41, 5.74) is 4.30. The molecule has 1 heterocycles. The number of nitrogens with one attached hydrogen (secondary N) is 1. The standard InChI is InChI=1S/C33H48N2O2S.BrH/c1-3-4-5-6-7-8-9-10-11-12-13-16-23-37-31-21-19-29(20-22-31)24-33(36)34-32-18-15-14-17-30(32)25-35-27-38-26-28(35)2;/h14-15,17-22,26H,3-13,16,23-25,27H2,1-2H3,(H,34,36);1H. The summed E-state index contributed by atoms with van der Waals surface area (Å²) in [6, 6.07) is 16.1. The van der Waals surface area contributed by atoms with Crippen LogP contribution in [0.1, 0.15) is 102 Å². The van der Waals surface area contributed by atoms with E-state index in [4.69, 9.17) is 4.74 Å². The van der Waals surface area contributed by atoms with E-state index in [-0.39, 0.29) is 22.9 Å². The molecule has 3 rings (SSSR count). The van der Waals surface area contributed by atoms with Gasteiger partial charge in [-0.25, -0.2) is 0 Å². The van der Waals surface area contributed by atoms with Crippen molar-refractivity contribution >= 4 is 40.3 Å². The largest absolute Gasteiger partial charge is 0.494 e. The number of ether oxygens (including phenoxy) is 1. The summed E-state index contributed by atoms with van der Waals surface area (Å²) in [6.45, 7) is 5.97. The third-order valence-corrected chi connectivity index (χ3v) is 8.16. The molecule has 0 atom stereocenters. The smallest absolute Gasteiger partial charge is 0.228 e. The topological polar surface area (TPSA) is 41.6 Å². The van der Waals surface area contributed by atoms with Gasteiger partial charge >= 0.3 is 0 Å². The Bertz CT molecular complexity index is 980. The monoisotopic (exact) mass is 616 g/mol. The number of carbonyl (C=O) groups is 1. The lowest BCUT2D eigenvalue weighted by Gasteiger charge is -2.21. The van der Waals surface area contributed by atoms with E-state index >= 15 is 0 Å². The molecule has 0 fully saturated rings. The van der Waals surface area contributed by atoms with E-state index < -0.39 is 0 Å². The number of hydrogen-bond donors (Lipinski definition) is 1. The molecule has 6 heteroatoms. The van der Waals surface area contributed by atoms with Gasteiger partial charge in [-0.2, -0.15) is 0 Å². The Morgan fingerprint density at radius 1 is 0.872 bits per heavy atom. The van der Waals surface area contributed by atoms with Gasteiger partial charge in [-0.15, -0.1) is 28.7 Å². The van der Waals surface area contributed by atoms with Crippen molar-refractivity contribution in [3.8, 4) is 5.75 Å². The highest BCUT2D eigenvalue weighted by atomic mass is 79.9. The number of carbonyl (C=O) groups excluding carboxylic acids is 1. The highest BCUT2D eigenvalue weighted by Crippen LogP contribution is 2.27. The number of benzene rings is 2. The Balaban J connectivity index is 0.00000533. The van der Waals surface area contributed by atoms with Gasteiger partial charge in [0.2, 0.25) is 5.91 Å². The molecular formula is C33H49BrN2O2S. The number of nitrogens with zero attached hydrogens (tertiary/aromatic N) is 1. The number of halogens is 1. The van der Waals surface area contributed by atoms with Gasteiger partial charge in [0.25, 0.3) is 0 Å². The van der Waals surface area contributed by atoms with Crippen LogP contribution < -0.4 is 10.1 Å². The van der Waals surface area contributed by atoms with E-state index in [2.05, 4.69) is 35.5 Å². The third-order valence-electron chi connectivity index (χ3n) is 7.19. The van der Waals surface area contributed by atoms with Crippen molar-refractivity contribution in [1.82, 2.24) is 4.90 Å². The fraction of sp³-hybridized carbons (Fsp3) is 0.545. The minimum Gasteiger partial charge on any atom is -0.494 e. The lowest BCUT2D eigenvalue weighted by Crippen LogP contribution is -2.20. The van der Waals surface area contributed by atoms with E-state index in [0.29, 0.717) is 6.42 Å². The van der Waals surface area contributed by atoms with Crippen LogP contribution in [-0.2, 0) is 17.8 Å². The van der Waals surface area contributed by atoms with Crippen LogP contribution in [0.5, 0.6) is 5.75 Å². The molecule has 1 amide bonds. The van der Waals surface area contributed by atoms with E-state index in [0.717, 1.165) is 48.0 Å². The summed E-state index contributed by atoms with van der Waals surface area (Å²) in [7, 11) is 0. The van der Waals surface area contributed by atoms with Crippen molar-refractivity contribution in [2.75, 3.05) is 17.8 Å². The fourth-order valence-electron chi connectivity index (χ4n) is 4.80. The first-order valence-corrected chi connectivity index (χ1v) is 15.8. The summed E-state index contributed by atoms with van der Waals surface area (Å²) in [6.07, 6.45) is 16.5. The van der Waals surface area contributed by atoms with Crippen LogP contribution in [0.4, 0.5) is 5.69 Å². The van der Waals surface area contributed by atoms with Gasteiger partial charge in [0.1, 0.15) is 5.75 Å². The third kappa shape index (κ3) is 13.3. The van der Waals surface area contributed by atoms with Gasteiger partial charge in [0.05, 0.1) is 18.9 Å². The van der Waals surface area contributed by atoms with Gasteiger partial charge in [0, 0.05) is 17.9 Å². The molecule has 1 aliphatic heterocycles. The zero-order valence-electron chi connectivity index (χ0n) is 24.1. The number of anilines is 1. The number of hydrogen-bond acceptors (Lipinski definition) is 4. The first kappa shape index (κ1) is 33.3. The van der Waals surface area contributed by atoms with Gasteiger partial charge in [-0.05, 0) is 48.1 Å². The van der Waals surface area contributed by atoms with Crippen molar-refractivity contribution in [2.24, 2.45) is 0 Å². The molecule has 0 radical (unpaired) electrons. The molecule has 0 aromatic heterocycles. The lowest BCUT2D eigenvalue weighted by atomic mass is 10.1. The molecule has 0 saturated carbocycles. The van der Waals surface area contributed by atoms with Crippen molar-refractivity contribution in [3.05, 3.63) is 70.8 Å². The minimum absolute atomic E-state index is 0. The van der Waals surface area contributed by atoms with E-state index in [1.54, 1.807) is 0 Å². The molecule has 0 saturated heterocycles. The quantitative estimate of drug-likeness (QED) is 0.159. The average Bonchev–Trinajstić information content (AvgIpc) is 3.33.